The Morgan fingerprint density at radius 3 is 2.71 bits per heavy atom. The van der Waals surface area contributed by atoms with Gasteiger partial charge in [0.2, 0.25) is 5.91 Å². The van der Waals surface area contributed by atoms with Crippen LogP contribution in [0.25, 0.3) is 0 Å². The third kappa shape index (κ3) is 2.81. The maximum atomic E-state index is 12.4. The van der Waals surface area contributed by atoms with Crippen LogP contribution in [-0.4, -0.2) is 11.7 Å². The summed E-state index contributed by atoms with van der Waals surface area (Å²) in [7, 11) is 0. The Morgan fingerprint density at radius 1 is 1.25 bits per heavy atom. The minimum atomic E-state index is -0.0706. The molecule has 0 saturated carbocycles. The van der Waals surface area contributed by atoms with E-state index < -0.39 is 0 Å². The van der Waals surface area contributed by atoms with E-state index in [1.54, 1.807) is 17.0 Å². The molecule has 1 heterocycles. The summed E-state index contributed by atoms with van der Waals surface area (Å²) in [6.07, 6.45) is 0.295. The number of anilines is 1. The predicted molar refractivity (Wildman–Crippen MR) is 91.7 cm³/mol. The summed E-state index contributed by atoms with van der Waals surface area (Å²) in [5.74, 6) is 0.00387. The Kier molecular flexibility index (Phi) is 4.18. The van der Waals surface area contributed by atoms with Crippen LogP contribution in [0.1, 0.15) is 40.9 Å². The minimum absolute atomic E-state index is 0.00751. The zero-order valence-electron chi connectivity index (χ0n) is 13.7. The van der Waals surface area contributed by atoms with Gasteiger partial charge in [0.25, 0.3) is 0 Å². The lowest BCUT2D eigenvalue weighted by atomic mass is 9.98. The van der Waals surface area contributed by atoms with E-state index in [1.165, 1.54) is 0 Å². The lowest BCUT2D eigenvalue weighted by molar-refractivity contribution is -0.117. The van der Waals surface area contributed by atoms with Crippen molar-refractivity contribution in [2.24, 2.45) is 5.92 Å². The summed E-state index contributed by atoms with van der Waals surface area (Å²) in [4.78, 5) is 26.2. The van der Waals surface area contributed by atoms with Crippen LogP contribution in [0.2, 0.25) is 0 Å². The number of benzene rings is 2. The number of Topliss-reactive ketones (excluding diaryl/α,β-unsaturated/α-hetero) is 1. The molecule has 120 valence electrons. The Hall–Kier alpha value is -2.93. The number of hydrogen-bond donors (Lipinski definition) is 0. The van der Waals surface area contributed by atoms with E-state index >= 15 is 0 Å². The van der Waals surface area contributed by atoms with Crippen molar-refractivity contribution in [1.29, 1.82) is 5.26 Å². The zero-order valence-corrected chi connectivity index (χ0v) is 13.7. The van der Waals surface area contributed by atoms with Crippen molar-refractivity contribution in [1.82, 2.24) is 0 Å². The third-order valence-corrected chi connectivity index (χ3v) is 4.29. The van der Waals surface area contributed by atoms with Crippen LogP contribution in [0.4, 0.5) is 5.69 Å². The Balaban J connectivity index is 1.93. The van der Waals surface area contributed by atoms with E-state index in [9.17, 15) is 14.9 Å². The van der Waals surface area contributed by atoms with Crippen molar-refractivity contribution in [2.45, 2.75) is 26.8 Å². The normalized spacial score (nSPS) is 13.1. The van der Waals surface area contributed by atoms with Gasteiger partial charge in [-0.3, -0.25) is 9.59 Å². The first kappa shape index (κ1) is 15.9. The van der Waals surface area contributed by atoms with Crippen molar-refractivity contribution in [3.8, 4) is 6.07 Å². The molecule has 0 saturated heterocycles. The quantitative estimate of drug-likeness (QED) is 0.811. The van der Waals surface area contributed by atoms with Crippen LogP contribution in [0, 0.1) is 17.2 Å². The van der Waals surface area contributed by atoms with Gasteiger partial charge in [-0.1, -0.05) is 32.0 Å². The largest absolute Gasteiger partial charge is 0.307 e. The van der Waals surface area contributed by atoms with E-state index in [-0.39, 0.29) is 17.6 Å². The average Bonchev–Trinajstić information content (AvgIpc) is 2.89. The molecule has 24 heavy (non-hydrogen) atoms. The molecule has 4 heteroatoms. The van der Waals surface area contributed by atoms with Crippen LogP contribution >= 0.6 is 0 Å². The highest BCUT2D eigenvalue weighted by Gasteiger charge is 2.28. The Labute approximate surface area is 141 Å². The Morgan fingerprint density at radius 2 is 2.00 bits per heavy atom. The first-order valence-corrected chi connectivity index (χ1v) is 7.96. The topological polar surface area (TPSA) is 61.2 Å². The van der Waals surface area contributed by atoms with Gasteiger partial charge >= 0.3 is 0 Å². The number of nitriles is 1. The molecule has 0 spiro atoms. The molecule has 2 aromatic rings. The molecule has 2 aromatic carbocycles. The van der Waals surface area contributed by atoms with Crippen molar-refractivity contribution in [2.75, 3.05) is 4.90 Å². The smallest absolute Gasteiger partial charge is 0.231 e. The molecule has 1 aliphatic rings. The maximum Gasteiger partial charge on any atom is 0.231 e. The molecule has 0 fully saturated rings. The summed E-state index contributed by atoms with van der Waals surface area (Å²) in [6, 6.07) is 14.9. The molecule has 0 radical (unpaired) electrons. The average molecular weight is 318 g/mol. The molecular formula is C20H18N2O2. The molecule has 0 N–H and O–H groups in total. The molecule has 0 unspecified atom stereocenters. The molecule has 3 rings (SSSR count). The second-order valence-electron chi connectivity index (χ2n) is 6.29. The molecular weight excluding hydrogens is 300 g/mol. The SMILES string of the molecule is CC(C)C(=O)c1ccc2c(c1)CC(=O)N2Cc1ccccc1C#N. The van der Waals surface area contributed by atoms with Gasteiger partial charge in [-0.2, -0.15) is 5.26 Å². The summed E-state index contributed by atoms with van der Waals surface area (Å²) in [6.45, 7) is 4.10. The monoisotopic (exact) mass is 318 g/mol. The number of nitrogens with zero attached hydrogens (tertiary/aromatic N) is 2. The number of hydrogen-bond acceptors (Lipinski definition) is 3. The second kappa shape index (κ2) is 6.29. The van der Waals surface area contributed by atoms with Crippen LogP contribution in [0.3, 0.4) is 0 Å². The highest BCUT2D eigenvalue weighted by Crippen LogP contribution is 2.32. The van der Waals surface area contributed by atoms with Crippen molar-refractivity contribution in [3.05, 3.63) is 64.7 Å². The number of carbonyl (C=O) groups excluding carboxylic acids is 2. The van der Waals surface area contributed by atoms with Gasteiger partial charge < -0.3 is 4.90 Å². The number of ketones is 1. The number of carbonyl (C=O) groups is 2. The minimum Gasteiger partial charge on any atom is -0.307 e. The van der Waals surface area contributed by atoms with Gasteiger partial charge in [-0.05, 0) is 35.4 Å². The maximum absolute atomic E-state index is 12.4. The molecule has 0 aliphatic carbocycles. The second-order valence-corrected chi connectivity index (χ2v) is 6.29. The third-order valence-electron chi connectivity index (χ3n) is 4.29. The van der Waals surface area contributed by atoms with Crippen LogP contribution < -0.4 is 4.90 Å². The predicted octanol–water partition coefficient (Wildman–Crippen LogP) is 3.49. The number of fused-ring (bicyclic) bond motifs is 1. The molecule has 0 bridgehead atoms. The Bertz CT molecular complexity index is 862. The van der Waals surface area contributed by atoms with Gasteiger partial charge in [0.15, 0.2) is 5.78 Å². The fraction of sp³-hybridized carbons (Fsp3) is 0.250. The lowest BCUT2D eigenvalue weighted by Crippen LogP contribution is -2.26. The van der Waals surface area contributed by atoms with Gasteiger partial charge in [-0.25, -0.2) is 0 Å². The molecule has 0 aromatic heterocycles. The highest BCUT2D eigenvalue weighted by molar-refractivity contribution is 6.04. The van der Waals surface area contributed by atoms with Gasteiger partial charge in [-0.15, -0.1) is 0 Å². The van der Waals surface area contributed by atoms with Gasteiger partial charge in [0, 0.05) is 17.2 Å². The van der Waals surface area contributed by atoms with Crippen molar-refractivity contribution >= 4 is 17.4 Å². The van der Waals surface area contributed by atoms with Gasteiger partial charge in [0.05, 0.1) is 24.6 Å². The summed E-state index contributed by atoms with van der Waals surface area (Å²) < 4.78 is 0. The van der Waals surface area contributed by atoms with Crippen LogP contribution in [0.5, 0.6) is 0 Å². The number of amides is 1. The zero-order chi connectivity index (χ0) is 17.3. The van der Waals surface area contributed by atoms with E-state index in [4.69, 9.17) is 0 Å². The molecule has 1 amide bonds. The fourth-order valence-corrected chi connectivity index (χ4v) is 2.98. The standard InChI is InChI=1S/C20H18N2O2/c1-13(2)20(24)14-7-8-18-17(9-14)10-19(23)22(18)12-16-6-4-3-5-15(16)11-21/h3-9,13H,10,12H2,1-2H3. The summed E-state index contributed by atoms with van der Waals surface area (Å²) >= 11 is 0. The van der Waals surface area contributed by atoms with Gasteiger partial charge in [0.1, 0.15) is 0 Å². The molecule has 4 nitrogen and oxygen atoms in total. The van der Waals surface area contributed by atoms with Crippen molar-refractivity contribution < 1.29 is 9.59 Å². The molecule has 0 atom stereocenters. The van der Waals surface area contributed by atoms with E-state index in [2.05, 4.69) is 6.07 Å². The van der Waals surface area contributed by atoms with Crippen molar-refractivity contribution in [3.63, 3.8) is 0 Å². The van der Waals surface area contributed by atoms with E-state index in [0.29, 0.717) is 24.1 Å². The molecule has 1 aliphatic heterocycles. The van der Waals surface area contributed by atoms with Crippen LogP contribution in [0.15, 0.2) is 42.5 Å². The van der Waals surface area contributed by atoms with E-state index in [0.717, 1.165) is 16.8 Å². The summed E-state index contributed by atoms with van der Waals surface area (Å²) in [5.41, 5.74) is 3.75. The summed E-state index contributed by atoms with van der Waals surface area (Å²) in [5, 5.41) is 9.21. The van der Waals surface area contributed by atoms with Crippen LogP contribution in [-0.2, 0) is 17.8 Å². The first-order valence-electron chi connectivity index (χ1n) is 7.96. The first-order chi connectivity index (χ1) is 11.5. The highest BCUT2D eigenvalue weighted by atomic mass is 16.2. The number of rotatable bonds is 4. The van der Waals surface area contributed by atoms with E-state index in [1.807, 2.05) is 44.2 Å². The lowest BCUT2D eigenvalue weighted by Gasteiger charge is -2.18. The fourth-order valence-electron chi connectivity index (χ4n) is 2.98.